The fourth-order valence-electron chi connectivity index (χ4n) is 2.71. The quantitative estimate of drug-likeness (QED) is 0.609. The summed E-state index contributed by atoms with van der Waals surface area (Å²) in [6.07, 6.45) is -3.28. The number of rotatable bonds is 7. The number of ether oxygens (including phenoxy) is 1. The summed E-state index contributed by atoms with van der Waals surface area (Å²) < 4.78 is 43.6. The average molecular weight is 344 g/mol. The molecule has 1 fully saturated rings. The van der Waals surface area contributed by atoms with Crippen molar-refractivity contribution in [1.82, 2.24) is 4.90 Å². The van der Waals surface area contributed by atoms with Gasteiger partial charge in [-0.05, 0) is 18.2 Å². The van der Waals surface area contributed by atoms with E-state index in [1.165, 1.54) is 12.1 Å². The molecule has 0 amide bonds. The number of piperazine rings is 1. The highest BCUT2D eigenvalue weighted by molar-refractivity contribution is 5.49. The van der Waals surface area contributed by atoms with Crippen LogP contribution in [-0.4, -0.2) is 62.0 Å². The van der Waals surface area contributed by atoms with Crippen LogP contribution in [0.4, 0.5) is 18.9 Å². The zero-order valence-corrected chi connectivity index (χ0v) is 13.5. The van der Waals surface area contributed by atoms with Gasteiger partial charge in [0, 0.05) is 38.4 Å². The molecular weight excluding hydrogens is 321 g/mol. The van der Waals surface area contributed by atoms with Gasteiger partial charge in [0.25, 0.3) is 0 Å². The summed E-state index contributed by atoms with van der Waals surface area (Å²) in [5.41, 5.74) is -0.0449. The Morgan fingerprint density at radius 1 is 1.25 bits per heavy atom. The maximum Gasteiger partial charge on any atom is 0.416 e. The van der Waals surface area contributed by atoms with Gasteiger partial charge >= 0.3 is 6.18 Å². The van der Waals surface area contributed by atoms with Gasteiger partial charge in [-0.3, -0.25) is 4.90 Å². The first-order valence-corrected chi connectivity index (χ1v) is 7.91. The van der Waals surface area contributed by atoms with Crippen molar-refractivity contribution >= 4 is 5.69 Å². The second-order valence-corrected chi connectivity index (χ2v) is 5.82. The minimum atomic E-state index is -4.33. The number of anilines is 1. The van der Waals surface area contributed by atoms with Gasteiger partial charge in [0.15, 0.2) is 0 Å². The lowest BCUT2D eigenvalue weighted by molar-refractivity contribution is -0.137. The highest BCUT2D eigenvalue weighted by Gasteiger charge is 2.31. The molecule has 1 N–H and O–H groups in total. The van der Waals surface area contributed by atoms with E-state index in [9.17, 15) is 18.3 Å². The van der Waals surface area contributed by atoms with Crippen molar-refractivity contribution in [2.45, 2.75) is 12.3 Å². The Bertz CT molecular complexity index is 529. The molecule has 4 nitrogen and oxygen atoms in total. The van der Waals surface area contributed by atoms with E-state index in [-0.39, 0.29) is 6.61 Å². The van der Waals surface area contributed by atoms with Crippen LogP contribution in [0.25, 0.3) is 0 Å². The van der Waals surface area contributed by atoms with Gasteiger partial charge in [0.05, 0.1) is 24.9 Å². The molecule has 0 bridgehead atoms. The minimum Gasteiger partial charge on any atom is -0.389 e. The summed E-state index contributed by atoms with van der Waals surface area (Å²) in [6, 6.07) is 5.40. The molecule has 2 rings (SSSR count). The molecule has 1 aliphatic rings. The van der Waals surface area contributed by atoms with Gasteiger partial charge < -0.3 is 14.7 Å². The number of hydrogen-bond acceptors (Lipinski definition) is 4. The predicted molar refractivity (Wildman–Crippen MR) is 87.1 cm³/mol. The number of nitrogens with zero attached hydrogens (tertiary/aromatic N) is 2. The Morgan fingerprint density at radius 3 is 2.58 bits per heavy atom. The Balaban J connectivity index is 1.83. The van der Waals surface area contributed by atoms with Crippen molar-refractivity contribution in [2.24, 2.45) is 0 Å². The van der Waals surface area contributed by atoms with Gasteiger partial charge in [0.1, 0.15) is 0 Å². The molecule has 134 valence electrons. The fraction of sp³-hybridized carbons (Fsp3) is 0.529. The fourth-order valence-corrected chi connectivity index (χ4v) is 2.71. The average Bonchev–Trinajstić information content (AvgIpc) is 2.55. The standard InChI is InChI=1S/C17H23F3N2O2/c1-2-10-24-13-16(23)12-21-6-8-22(9-7-21)15-5-3-4-14(11-15)17(18,19)20/h2-5,11,16,23H,1,6-10,12-13H2/t16-/m1/s1. The van der Waals surface area contributed by atoms with Crippen LogP contribution in [0.3, 0.4) is 0 Å². The van der Waals surface area contributed by atoms with E-state index in [2.05, 4.69) is 11.5 Å². The van der Waals surface area contributed by atoms with Crippen LogP contribution in [0.5, 0.6) is 0 Å². The van der Waals surface area contributed by atoms with Crippen LogP contribution in [0.1, 0.15) is 5.56 Å². The summed E-state index contributed by atoms with van der Waals surface area (Å²) >= 11 is 0. The molecule has 1 saturated heterocycles. The summed E-state index contributed by atoms with van der Waals surface area (Å²) in [6.45, 7) is 7.32. The normalized spacial score (nSPS) is 17.8. The Labute approximate surface area is 140 Å². The van der Waals surface area contributed by atoms with Gasteiger partial charge in [-0.15, -0.1) is 6.58 Å². The predicted octanol–water partition coefficient (Wildman–Crippen LogP) is 2.39. The third-order valence-corrected chi connectivity index (χ3v) is 3.93. The van der Waals surface area contributed by atoms with Crippen molar-refractivity contribution < 1.29 is 23.0 Å². The molecule has 1 aromatic rings. The molecule has 0 radical (unpaired) electrons. The summed E-state index contributed by atoms with van der Waals surface area (Å²) in [7, 11) is 0. The number of β-amino-alcohol motifs (C(OH)–C–C–N with tert-alkyl or cyclic N) is 1. The smallest absolute Gasteiger partial charge is 0.389 e. The van der Waals surface area contributed by atoms with E-state index < -0.39 is 17.8 Å². The van der Waals surface area contributed by atoms with Crippen molar-refractivity contribution in [3.8, 4) is 0 Å². The van der Waals surface area contributed by atoms with Gasteiger partial charge in [0.2, 0.25) is 0 Å². The van der Waals surface area contributed by atoms with E-state index in [1.807, 2.05) is 4.90 Å². The first-order chi connectivity index (χ1) is 11.4. The minimum absolute atomic E-state index is 0.250. The second kappa shape index (κ2) is 8.50. The molecule has 0 saturated carbocycles. The van der Waals surface area contributed by atoms with E-state index in [0.717, 1.165) is 6.07 Å². The summed E-state index contributed by atoms with van der Waals surface area (Å²) in [5, 5.41) is 9.90. The van der Waals surface area contributed by atoms with Crippen LogP contribution in [-0.2, 0) is 10.9 Å². The molecule has 0 unspecified atom stereocenters. The van der Waals surface area contributed by atoms with Crippen molar-refractivity contribution in [3.05, 3.63) is 42.5 Å². The maximum absolute atomic E-state index is 12.8. The monoisotopic (exact) mass is 344 g/mol. The van der Waals surface area contributed by atoms with Crippen molar-refractivity contribution in [3.63, 3.8) is 0 Å². The summed E-state index contributed by atoms with van der Waals surface area (Å²) in [5.74, 6) is 0. The molecule has 1 heterocycles. The molecule has 24 heavy (non-hydrogen) atoms. The molecule has 1 aromatic carbocycles. The van der Waals surface area contributed by atoms with E-state index >= 15 is 0 Å². The lowest BCUT2D eigenvalue weighted by Gasteiger charge is -2.37. The number of benzene rings is 1. The Morgan fingerprint density at radius 2 is 1.96 bits per heavy atom. The molecule has 0 aromatic heterocycles. The third-order valence-electron chi connectivity index (χ3n) is 3.93. The van der Waals surface area contributed by atoms with Crippen LogP contribution in [0, 0.1) is 0 Å². The van der Waals surface area contributed by atoms with Crippen LogP contribution in [0.2, 0.25) is 0 Å². The van der Waals surface area contributed by atoms with Gasteiger partial charge in [-0.25, -0.2) is 0 Å². The summed E-state index contributed by atoms with van der Waals surface area (Å²) in [4.78, 5) is 4.03. The zero-order valence-electron chi connectivity index (χ0n) is 13.5. The van der Waals surface area contributed by atoms with Crippen LogP contribution in [0.15, 0.2) is 36.9 Å². The molecule has 1 atom stereocenters. The molecule has 1 aliphatic heterocycles. The number of hydrogen-bond donors (Lipinski definition) is 1. The molecule has 7 heteroatoms. The van der Waals surface area contributed by atoms with Crippen LogP contribution < -0.4 is 4.90 Å². The third kappa shape index (κ3) is 5.51. The van der Waals surface area contributed by atoms with Crippen molar-refractivity contribution in [1.29, 1.82) is 0 Å². The van der Waals surface area contributed by atoms with Crippen LogP contribution >= 0.6 is 0 Å². The molecule has 0 spiro atoms. The Kier molecular flexibility index (Phi) is 6.65. The molecular formula is C17H23F3N2O2. The Hall–Kier alpha value is -1.57. The zero-order chi connectivity index (χ0) is 17.6. The number of aliphatic hydroxyl groups is 1. The lowest BCUT2D eigenvalue weighted by atomic mass is 10.1. The lowest BCUT2D eigenvalue weighted by Crippen LogP contribution is -2.49. The SMILES string of the molecule is C=CCOC[C@H](O)CN1CCN(c2cccc(C(F)(F)F)c2)CC1. The number of aliphatic hydroxyl groups excluding tert-OH is 1. The van der Waals surface area contributed by atoms with Gasteiger partial charge in [-0.2, -0.15) is 13.2 Å². The van der Waals surface area contributed by atoms with E-state index in [4.69, 9.17) is 4.74 Å². The van der Waals surface area contributed by atoms with E-state index in [1.54, 1.807) is 12.1 Å². The highest BCUT2D eigenvalue weighted by atomic mass is 19.4. The maximum atomic E-state index is 12.8. The highest BCUT2D eigenvalue weighted by Crippen LogP contribution is 2.31. The second-order valence-electron chi connectivity index (χ2n) is 5.82. The first kappa shape index (κ1) is 18.8. The number of alkyl halides is 3. The topological polar surface area (TPSA) is 35.9 Å². The number of halogens is 3. The largest absolute Gasteiger partial charge is 0.416 e. The first-order valence-electron chi connectivity index (χ1n) is 7.91. The van der Waals surface area contributed by atoms with Gasteiger partial charge in [-0.1, -0.05) is 12.1 Å². The van der Waals surface area contributed by atoms with E-state index in [0.29, 0.717) is 45.0 Å². The van der Waals surface area contributed by atoms with Crippen molar-refractivity contribution in [2.75, 3.05) is 50.8 Å². The molecule has 0 aliphatic carbocycles.